The summed E-state index contributed by atoms with van der Waals surface area (Å²) in [4.78, 5) is 56.8. The minimum Gasteiger partial charge on any atom is -0.465 e. The summed E-state index contributed by atoms with van der Waals surface area (Å²) >= 11 is 1.47. The fourth-order valence-electron chi connectivity index (χ4n) is 4.12. The van der Waals surface area contributed by atoms with Crippen molar-refractivity contribution in [2.45, 2.75) is 44.5 Å². The van der Waals surface area contributed by atoms with E-state index in [0.29, 0.717) is 11.4 Å². The van der Waals surface area contributed by atoms with E-state index in [1.165, 1.54) is 16.7 Å². The summed E-state index contributed by atoms with van der Waals surface area (Å²) in [5.41, 5.74) is 9.26. The average Bonchev–Trinajstić information content (AvgIpc) is 3.03. The second kappa shape index (κ2) is 17.7. The van der Waals surface area contributed by atoms with Crippen LogP contribution in [0, 0.1) is 0 Å². The molecule has 1 aromatic heterocycles. The number of nitrogens with one attached hydrogen (secondary N) is 1. The molecule has 11 heteroatoms. The van der Waals surface area contributed by atoms with Gasteiger partial charge >= 0.3 is 11.9 Å². The Balaban J connectivity index is 1.73. The van der Waals surface area contributed by atoms with Crippen molar-refractivity contribution in [2.75, 3.05) is 30.4 Å². The number of thioether (sulfide) groups is 1. The first-order valence-electron chi connectivity index (χ1n) is 14.1. The Bertz CT molecular complexity index is 1320. The smallest absolute Gasteiger partial charge is 0.326 e. The predicted octanol–water partition coefficient (Wildman–Crippen LogP) is 3.73. The average molecular weight is 607 g/mol. The molecule has 0 aliphatic carbocycles. The maximum atomic E-state index is 13.9. The number of aromatic nitrogens is 1. The van der Waals surface area contributed by atoms with Gasteiger partial charge in [-0.3, -0.25) is 29.1 Å². The van der Waals surface area contributed by atoms with E-state index in [2.05, 4.69) is 10.3 Å². The monoisotopic (exact) mass is 606 g/mol. The maximum absolute atomic E-state index is 13.9. The second-order valence-electron chi connectivity index (χ2n) is 9.51. The topological polar surface area (TPSA) is 141 Å². The van der Waals surface area contributed by atoms with Gasteiger partial charge < -0.3 is 20.5 Å². The predicted molar refractivity (Wildman–Crippen MR) is 167 cm³/mol. The lowest BCUT2D eigenvalue weighted by atomic mass is 10.1. The summed E-state index contributed by atoms with van der Waals surface area (Å²) in [5, 5.41) is 2.80. The number of rotatable bonds is 16. The number of para-hydroxylation sites is 1. The number of nitrogens with two attached hydrogens (primary N) is 1. The van der Waals surface area contributed by atoms with Gasteiger partial charge in [0.05, 0.1) is 18.9 Å². The summed E-state index contributed by atoms with van der Waals surface area (Å²) in [7, 11) is 0. The van der Waals surface area contributed by atoms with E-state index in [1.807, 2.05) is 42.5 Å². The molecule has 0 aliphatic rings. The number of hydrogen-bond donors (Lipinski definition) is 2. The van der Waals surface area contributed by atoms with Gasteiger partial charge in [-0.2, -0.15) is 11.8 Å². The number of anilines is 1. The van der Waals surface area contributed by atoms with E-state index in [9.17, 15) is 19.2 Å². The van der Waals surface area contributed by atoms with Crippen LogP contribution in [0.3, 0.4) is 0 Å². The van der Waals surface area contributed by atoms with Crippen LogP contribution in [0.4, 0.5) is 5.69 Å². The van der Waals surface area contributed by atoms with Crippen LogP contribution in [0.1, 0.15) is 32.3 Å². The van der Waals surface area contributed by atoms with E-state index >= 15 is 0 Å². The molecular weight excluding hydrogens is 568 g/mol. The first-order valence-corrected chi connectivity index (χ1v) is 15.3. The van der Waals surface area contributed by atoms with Crippen molar-refractivity contribution < 1.29 is 28.7 Å². The van der Waals surface area contributed by atoms with Gasteiger partial charge in [0.1, 0.15) is 18.6 Å². The lowest BCUT2D eigenvalue weighted by molar-refractivity contribution is -0.145. The van der Waals surface area contributed by atoms with E-state index < -0.39 is 35.8 Å². The van der Waals surface area contributed by atoms with Crippen molar-refractivity contribution in [1.82, 2.24) is 10.3 Å². The molecule has 228 valence electrons. The zero-order valence-corrected chi connectivity index (χ0v) is 25.3. The third-order valence-corrected chi connectivity index (χ3v) is 7.41. The van der Waals surface area contributed by atoms with Gasteiger partial charge in [0.15, 0.2) is 0 Å². The second-order valence-corrected chi connectivity index (χ2v) is 10.5. The molecule has 2 amide bonds. The summed E-state index contributed by atoms with van der Waals surface area (Å²) in [6, 6.07) is 20.6. The van der Waals surface area contributed by atoms with Crippen LogP contribution in [0.15, 0.2) is 79.0 Å². The van der Waals surface area contributed by atoms with Gasteiger partial charge in [-0.05, 0) is 50.1 Å². The van der Waals surface area contributed by atoms with Gasteiger partial charge in [0, 0.05) is 35.4 Å². The largest absolute Gasteiger partial charge is 0.465 e. The Morgan fingerprint density at radius 2 is 1.63 bits per heavy atom. The molecule has 0 fully saturated rings. The quantitative estimate of drug-likeness (QED) is 0.233. The van der Waals surface area contributed by atoms with Crippen molar-refractivity contribution in [1.29, 1.82) is 0 Å². The number of amides is 2. The van der Waals surface area contributed by atoms with Crippen molar-refractivity contribution in [2.24, 2.45) is 5.73 Å². The van der Waals surface area contributed by atoms with Crippen LogP contribution < -0.4 is 16.0 Å². The molecular formula is C32H38N4O6S. The summed E-state index contributed by atoms with van der Waals surface area (Å²) in [6.45, 7) is 3.42. The molecule has 0 unspecified atom stereocenters. The zero-order chi connectivity index (χ0) is 31.0. The number of hydrogen-bond acceptors (Lipinski definition) is 9. The standard InChI is InChI=1S/C32H38N4O6S/c1-3-41-30(38)20-36(25-10-6-5-7-11-25)31(39)28(35-29(37)18-17-26(33)32(40)42-4-2)22-43-21-23-13-15-24(16-14-23)27-12-8-9-19-34-27/h5-16,19,26,28H,3-4,17-18,20-22,33H2,1-2H3,(H,35,37)/t26-,28-/m0/s1. The normalized spacial score (nSPS) is 12.1. The summed E-state index contributed by atoms with van der Waals surface area (Å²) < 4.78 is 10.0. The van der Waals surface area contributed by atoms with Crippen LogP contribution in [0.2, 0.25) is 0 Å². The Morgan fingerprint density at radius 1 is 0.930 bits per heavy atom. The van der Waals surface area contributed by atoms with Gasteiger partial charge in [-0.15, -0.1) is 0 Å². The number of carbonyl (C=O) groups is 4. The highest BCUT2D eigenvalue weighted by Gasteiger charge is 2.29. The number of benzene rings is 2. The van der Waals surface area contributed by atoms with Gasteiger partial charge in [0.2, 0.25) is 5.91 Å². The van der Waals surface area contributed by atoms with Crippen molar-refractivity contribution in [3.8, 4) is 11.3 Å². The van der Waals surface area contributed by atoms with E-state index in [-0.39, 0.29) is 38.4 Å². The lowest BCUT2D eigenvalue weighted by Gasteiger charge is -2.27. The highest BCUT2D eigenvalue weighted by Crippen LogP contribution is 2.21. The van der Waals surface area contributed by atoms with Gasteiger partial charge in [-0.1, -0.05) is 48.5 Å². The zero-order valence-electron chi connectivity index (χ0n) is 24.4. The number of nitrogens with zero attached hydrogens (tertiary/aromatic N) is 2. The molecule has 0 saturated heterocycles. The van der Waals surface area contributed by atoms with E-state index in [1.54, 1.807) is 50.4 Å². The molecule has 10 nitrogen and oxygen atoms in total. The van der Waals surface area contributed by atoms with Crippen molar-refractivity contribution >= 4 is 41.2 Å². The Hall–Kier alpha value is -4.22. The van der Waals surface area contributed by atoms with Crippen LogP contribution in [0.5, 0.6) is 0 Å². The fourth-order valence-corrected chi connectivity index (χ4v) is 5.13. The number of pyridine rings is 1. The molecule has 0 radical (unpaired) electrons. The summed E-state index contributed by atoms with van der Waals surface area (Å²) in [5.74, 6) is -1.23. The molecule has 0 aliphatic heterocycles. The number of esters is 2. The highest BCUT2D eigenvalue weighted by molar-refractivity contribution is 7.98. The van der Waals surface area contributed by atoms with Crippen LogP contribution in [-0.4, -0.2) is 66.3 Å². The van der Waals surface area contributed by atoms with Gasteiger partial charge in [0.25, 0.3) is 5.91 Å². The van der Waals surface area contributed by atoms with Crippen molar-refractivity contribution in [3.63, 3.8) is 0 Å². The third kappa shape index (κ3) is 10.8. The first-order chi connectivity index (χ1) is 20.8. The molecule has 0 bridgehead atoms. The minimum atomic E-state index is -0.959. The van der Waals surface area contributed by atoms with E-state index in [0.717, 1.165) is 16.8 Å². The van der Waals surface area contributed by atoms with Crippen LogP contribution >= 0.6 is 11.8 Å². The molecule has 3 aromatic rings. The van der Waals surface area contributed by atoms with Crippen molar-refractivity contribution in [3.05, 3.63) is 84.6 Å². The molecule has 43 heavy (non-hydrogen) atoms. The minimum absolute atomic E-state index is 0.0621. The first kappa shape index (κ1) is 33.3. The molecule has 3 rings (SSSR count). The highest BCUT2D eigenvalue weighted by atomic mass is 32.2. The molecule has 2 aromatic carbocycles. The Kier molecular flexibility index (Phi) is 13.7. The molecule has 3 N–H and O–H groups in total. The van der Waals surface area contributed by atoms with Gasteiger partial charge in [-0.25, -0.2) is 0 Å². The molecule has 1 heterocycles. The number of carbonyl (C=O) groups excluding carboxylic acids is 4. The lowest BCUT2D eigenvalue weighted by Crippen LogP contribution is -2.52. The molecule has 2 atom stereocenters. The molecule has 0 saturated carbocycles. The molecule has 0 spiro atoms. The summed E-state index contributed by atoms with van der Waals surface area (Å²) in [6.07, 6.45) is 1.73. The third-order valence-electron chi connectivity index (χ3n) is 6.30. The number of ether oxygens (including phenoxy) is 2. The SMILES string of the molecule is CCOC(=O)CN(C(=O)[C@H](CSCc1ccc(-c2ccccn2)cc1)NC(=O)CC[C@H](N)C(=O)OCC)c1ccccc1. The van der Waals surface area contributed by atoms with E-state index in [4.69, 9.17) is 15.2 Å². The van der Waals surface area contributed by atoms with Crippen LogP contribution in [-0.2, 0) is 34.4 Å². The maximum Gasteiger partial charge on any atom is 0.326 e. The Morgan fingerprint density at radius 3 is 2.28 bits per heavy atom. The fraction of sp³-hybridized carbons (Fsp3) is 0.344. The Labute approximate surface area is 256 Å². The van der Waals surface area contributed by atoms with Crippen LogP contribution in [0.25, 0.3) is 11.3 Å².